The standard InChI is InChI=1S/C14H16N4O/c15-9-14(19)18-10-17(11-5-7-16-8-6-11)12-3-1-2-4-13(12)18/h1-4,11,16H,5-8,10H2. The smallest absolute Gasteiger partial charge is 0.330 e. The summed E-state index contributed by atoms with van der Waals surface area (Å²) < 4.78 is 0. The van der Waals surface area contributed by atoms with Crippen molar-refractivity contribution < 1.29 is 4.79 Å². The summed E-state index contributed by atoms with van der Waals surface area (Å²) in [5.41, 5.74) is 1.92. The number of nitrogens with one attached hydrogen (secondary N) is 1. The normalized spacial score (nSPS) is 19.1. The Bertz CT molecular complexity index is 530. The van der Waals surface area contributed by atoms with Gasteiger partial charge in [0.1, 0.15) is 0 Å². The van der Waals surface area contributed by atoms with Gasteiger partial charge in [-0.05, 0) is 38.1 Å². The van der Waals surface area contributed by atoms with Gasteiger partial charge in [0.05, 0.1) is 18.0 Å². The third kappa shape index (κ3) is 2.04. The number of nitrogens with zero attached hydrogens (tertiary/aromatic N) is 3. The van der Waals surface area contributed by atoms with Crippen molar-refractivity contribution in [2.75, 3.05) is 29.6 Å². The fraction of sp³-hybridized carbons (Fsp3) is 0.429. The van der Waals surface area contributed by atoms with Crippen LogP contribution < -0.4 is 15.1 Å². The number of benzene rings is 1. The molecule has 1 N–H and O–H groups in total. The fourth-order valence-corrected chi connectivity index (χ4v) is 2.90. The summed E-state index contributed by atoms with van der Waals surface area (Å²) in [6.45, 7) is 2.52. The Morgan fingerprint density at radius 3 is 2.63 bits per heavy atom. The first kappa shape index (κ1) is 12.0. The molecule has 2 aliphatic rings. The van der Waals surface area contributed by atoms with Crippen LogP contribution in [0.1, 0.15) is 12.8 Å². The Labute approximate surface area is 112 Å². The molecule has 0 bridgehead atoms. The van der Waals surface area contributed by atoms with E-state index < -0.39 is 5.91 Å². The molecule has 2 heterocycles. The predicted molar refractivity (Wildman–Crippen MR) is 72.8 cm³/mol. The first-order chi connectivity index (χ1) is 9.31. The van der Waals surface area contributed by atoms with Gasteiger partial charge in [-0.15, -0.1) is 0 Å². The molecule has 1 aromatic rings. The van der Waals surface area contributed by atoms with Gasteiger partial charge in [-0.25, -0.2) is 0 Å². The van der Waals surface area contributed by atoms with E-state index in [1.165, 1.54) is 0 Å². The van der Waals surface area contributed by atoms with Gasteiger partial charge in [-0.1, -0.05) is 12.1 Å². The summed E-state index contributed by atoms with van der Waals surface area (Å²) in [5, 5.41) is 12.2. The number of para-hydroxylation sites is 2. The molecule has 5 nitrogen and oxygen atoms in total. The molecule has 0 aliphatic carbocycles. The number of fused-ring (bicyclic) bond motifs is 1. The van der Waals surface area contributed by atoms with Crippen LogP contribution in [0.4, 0.5) is 11.4 Å². The quantitative estimate of drug-likeness (QED) is 0.764. The van der Waals surface area contributed by atoms with Crippen LogP contribution in [0, 0.1) is 11.3 Å². The van der Waals surface area contributed by atoms with Crippen LogP contribution in [0.15, 0.2) is 24.3 Å². The highest BCUT2D eigenvalue weighted by Crippen LogP contribution is 2.38. The van der Waals surface area contributed by atoms with Gasteiger partial charge in [-0.3, -0.25) is 9.69 Å². The minimum atomic E-state index is -0.483. The Hall–Kier alpha value is -2.06. The average Bonchev–Trinajstić information content (AvgIpc) is 2.87. The average molecular weight is 256 g/mol. The third-order valence-corrected chi connectivity index (χ3v) is 3.87. The van der Waals surface area contributed by atoms with Gasteiger partial charge in [0.25, 0.3) is 0 Å². The van der Waals surface area contributed by atoms with Crippen molar-refractivity contribution >= 4 is 17.3 Å². The summed E-state index contributed by atoms with van der Waals surface area (Å²) >= 11 is 0. The number of hydrogen-bond acceptors (Lipinski definition) is 4. The van der Waals surface area contributed by atoms with Gasteiger partial charge in [-0.2, -0.15) is 5.26 Å². The zero-order valence-corrected chi connectivity index (χ0v) is 10.7. The summed E-state index contributed by atoms with van der Waals surface area (Å²) in [5.74, 6) is -0.483. The third-order valence-electron chi connectivity index (χ3n) is 3.87. The monoisotopic (exact) mass is 256 g/mol. The molecule has 2 aliphatic heterocycles. The molecular weight excluding hydrogens is 240 g/mol. The van der Waals surface area contributed by atoms with Crippen LogP contribution in [0.5, 0.6) is 0 Å². The van der Waals surface area contributed by atoms with Crippen LogP contribution >= 0.6 is 0 Å². The van der Waals surface area contributed by atoms with Gasteiger partial charge in [0.2, 0.25) is 0 Å². The molecule has 19 heavy (non-hydrogen) atoms. The van der Waals surface area contributed by atoms with Crippen molar-refractivity contribution in [1.82, 2.24) is 5.32 Å². The molecule has 1 amide bonds. The Morgan fingerprint density at radius 2 is 1.95 bits per heavy atom. The molecule has 3 rings (SSSR count). The molecule has 98 valence electrons. The maximum absolute atomic E-state index is 11.7. The fourth-order valence-electron chi connectivity index (χ4n) is 2.90. The zero-order valence-electron chi connectivity index (χ0n) is 10.7. The van der Waals surface area contributed by atoms with Gasteiger partial charge in [0, 0.05) is 6.04 Å². The SMILES string of the molecule is N#CC(=O)N1CN(C2CCNCC2)c2ccccc21. The Kier molecular flexibility index (Phi) is 3.10. The van der Waals surface area contributed by atoms with Gasteiger partial charge < -0.3 is 10.2 Å². The summed E-state index contributed by atoms with van der Waals surface area (Å²) in [4.78, 5) is 15.6. The van der Waals surface area contributed by atoms with Crippen molar-refractivity contribution in [2.45, 2.75) is 18.9 Å². The van der Waals surface area contributed by atoms with Crippen LogP contribution in [0.25, 0.3) is 0 Å². The number of amides is 1. The van der Waals surface area contributed by atoms with E-state index in [-0.39, 0.29) is 0 Å². The van der Waals surface area contributed by atoms with E-state index in [9.17, 15) is 4.79 Å². The van der Waals surface area contributed by atoms with Crippen molar-refractivity contribution in [3.8, 4) is 6.07 Å². The second-order valence-corrected chi connectivity index (χ2v) is 4.93. The van der Waals surface area contributed by atoms with E-state index in [0.717, 1.165) is 37.3 Å². The highest BCUT2D eigenvalue weighted by molar-refractivity contribution is 6.08. The van der Waals surface area contributed by atoms with Crippen LogP contribution in [0.2, 0.25) is 0 Å². The number of carbonyl (C=O) groups is 1. The van der Waals surface area contributed by atoms with Crippen molar-refractivity contribution in [2.24, 2.45) is 0 Å². The molecule has 1 saturated heterocycles. The van der Waals surface area contributed by atoms with E-state index in [1.54, 1.807) is 11.0 Å². The van der Waals surface area contributed by atoms with E-state index in [2.05, 4.69) is 10.2 Å². The number of carbonyl (C=O) groups excluding carboxylic acids is 1. The Balaban J connectivity index is 1.92. The molecular formula is C14H16N4O. The van der Waals surface area contributed by atoms with Crippen molar-refractivity contribution in [3.05, 3.63) is 24.3 Å². The molecule has 0 atom stereocenters. The predicted octanol–water partition coefficient (Wildman–Crippen LogP) is 1.07. The molecule has 5 heteroatoms. The number of nitriles is 1. The first-order valence-electron chi connectivity index (χ1n) is 6.59. The molecule has 1 aromatic carbocycles. The molecule has 0 unspecified atom stereocenters. The summed E-state index contributed by atoms with van der Waals surface area (Å²) in [7, 11) is 0. The number of hydrogen-bond donors (Lipinski definition) is 1. The summed E-state index contributed by atoms with van der Waals surface area (Å²) in [6, 6.07) is 9.99. The first-order valence-corrected chi connectivity index (χ1v) is 6.59. The molecule has 0 spiro atoms. The van der Waals surface area contributed by atoms with Crippen LogP contribution in [0.3, 0.4) is 0 Å². The van der Waals surface area contributed by atoms with E-state index >= 15 is 0 Å². The maximum Gasteiger partial charge on any atom is 0.330 e. The molecule has 0 saturated carbocycles. The zero-order chi connectivity index (χ0) is 13.2. The second-order valence-electron chi connectivity index (χ2n) is 4.93. The molecule has 0 aromatic heterocycles. The van der Waals surface area contributed by atoms with Crippen molar-refractivity contribution in [3.63, 3.8) is 0 Å². The van der Waals surface area contributed by atoms with E-state index in [1.807, 2.05) is 24.3 Å². The second kappa shape index (κ2) is 4.90. The lowest BCUT2D eigenvalue weighted by Crippen LogP contribution is -2.45. The maximum atomic E-state index is 11.7. The highest BCUT2D eigenvalue weighted by Gasteiger charge is 2.34. The topological polar surface area (TPSA) is 59.4 Å². The number of piperidine rings is 1. The van der Waals surface area contributed by atoms with Gasteiger partial charge in [0.15, 0.2) is 6.07 Å². The molecule has 1 fully saturated rings. The van der Waals surface area contributed by atoms with E-state index in [0.29, 0.717) is 12.7 Å². The Morgan fingerprint density at radius 1 is 1.26 bits per heavy atom. The minimum absolute atomic E-state index is 0.443. The van der Waals surface area contributed by atoms with Crippen LogP contribution in [-0.2, 0) is 4.79 Å². The van der Waals surface area contributed by atoms with E-state index in [4.69, 9.17) is 5.26 Å². The summed E-state index contributed by atoms with van der Waals surface area (Å²) in [6.07, 6.45) is 2.14. The molecule has 0 radical (unpaired) electrons. The van der Waals surface area contributed by atoms with Crippen LogP contribution in [-0.4, -0.2) is 31.7 Å². The number of rotatable bonds is 1. The van der Waals surface area contributed by atoms with Crippen molar-refractivity contribution in [1.29, 1.82) is 5.26 Å². The lowest BCUT2D eigenvalue weighted by atomic mass is 10.0. The van der Waals surface area contributed by atoms with Gasteiger partial charge >= 0.3 is 5.91 Å². The highest BCUT2D eigenvalue weighted by atomic mass is 16.2. The lowest BCUT2D eigenvalue weighted by molar-refractivity contribution is -0.113. The lowest BCUT2D eigenvalue weighted by Gasteiger charge is -2.33. The number of anilines is 2. The largest absolute Gasteiger partial charge is 0.349 e. The minimum Gasteiger partial charge on any atom is -0.349 e.